The van der Waals surface area contributed by atoms with Gasteiger partial charge >= 0.3 is 0 Å². The van der Waals surface area contributed by atoms with Crippen LogP contribution in [0, 0.1) is 11.3 Å². The van der Waals surface area contributed by atoms with Crippen LogP contribution in [0.5, 0.6) is 0 Å². The lowest BCUT2D eigenvalue weighted by Gasteiger charge is -2.15. The number of amides is 1. The first-order valence-corrected chi connectivity index (χ1v) is 9.00. The molecule has 1 aliphatic heterocycles. The minimum absolute atomic E-state index is 0.107. The Morgan fingerprint density at radius 3 is 2.59 bits per heavy atom. The minimum Gasteiger partial charge on any atom is -0.381 e. The number of carbonyl (C=O) groups is 1. The number of nitrogens with one attached hydrogen (secondary N) is 2. The van der Waals surface area contributed by atoms with Crippen LogP contribution in [0.15, 0.2) is 64.7 Å². The number of aromatic nitrogens is 2. The molecule has 1 amide bonds. The summed E-state index contributed by atoms with van der Waals surface area (Å²) in [5.41, 5.74) is 8.68. The van der Waals surface area contributed by atoms with Crippen LogP contribution in [0.3, 0.4) is 0 Å². The zero-order chi connectivity index (χ0) is 18.8. The number of aliphatic imine (C=N–C) groups is 1. The van der Waals surface area contributed by atoms with Gasteiger partial charge in [0.2, 0.25) is 5.91 Å². The molecule has 2 heterocycles. The van der Waals surface area contributed by atoms with Gasteiger partial charge in [0.15, 0.2) is 16.7 Å². The zero-order valence-electron chi connectivity index (χ0n) is 14.0. The van der Waals surface area contributed by atoms with Crippen molar-refractivity contribution in [3.63, 3.8) is 0 Å². The van der Waals surface area contributed by atoms with Gasteiger partial charge in [-0.15, -0.1) is 0 Å². The highest BCUT2D eigenvalue weighted by Gasteiger charge is 2.31. The Kier molecular flexibility index (Phi) is 4.36. The van der Waals surface area contributed by atoms with E-state index in [-0.39, 0.29) is 17.4 Å². The van der Waals surface area contributed by atoms with Crippen molar-refractivity contribution in [1.82, 2.24) is 9.97 Å². The molecule has 0 spiro atoms. The van der Waals surface area contributed by atoms with Crippen molar-refractivity contribution in [2.24, 2.45) is 4.99 Å². The standard InChI is InChI=1S/C19H14N6OS/c20-10-14-17(21)25-19(24-14)27-16-15(11-6-2-1-3-7-11)22-12-8-4-5-9-13(12)23-18(16)26/h1-9,16H,21H2,(H,23,26)(H,24,25). The van der Waals surface area contributed by atoms with Gasteiger partial charge in [-0.1, -0.05) is 54.2 Å². The number of H-pyrrole nitrogens is 1. The topological polar surface area (TPSA) is 120 Å². The number of fused-ring (bicyclic) bond motifs is 1. The molecule has 0 fully saturated rings. The summed E-state index contributed by atoms with van der Waals surface area (Å²) in [6.45, 7) is 0. The van der Waals surface area contributed by atoms with Gasteiger partial charge in [-0.3, -0.25) is 4.79 Å². The van der Waals surface area contributed by atoms with Crippen LogP contribution in [0.4, 0.5) is 17.2 Å². The molecule has 1 unspecified atom stereocenters. The molecular formula is C19H14N6OS. The predicted octanol–water partition coefficient (Wildman–Crippen LogP) is 3.10. The third-order valence-corrected chi connectivity index (χ3v) is 5.10. The van der Waals surface area contributed by atoms with Gasteiger partial charge in [0, 0.05) is 0 Å². The van der Waals surface area contributed by atoms with Crippen molar-refractivity contribution in [2.45, 2.75) is 10.4 Å². The number of nitriles is 1. The molecule has 0 saturated carbocycles. The Morgan fingerprint density at radius 1 is 1.11 bits per heavy atom. The summed E-state index contributed by atoms with van der Waals surface area (Å²) >= 11 is 1.17. The average Bonchev–Trinajstić information content (AvgIpc) is 2.98. The number of nitrogens with zero attached hydrogens (tertiary/aromatic N) is 3. The maximum atomic E-state index is 13.0. The molecule has 4 rings (SSSR count). The van der Waals surface area contributed by atoms with Crippen molar-refractivity contribution in [3.05, 3.63) is 65.9 Å². The zero-order valence-corrected chi connectivity index (χ0v) is 14.8. The molecule has 27 heavy (non-hydrogen) atoms. The molecule has 0 bridgehead atoms. The Balaban J connectivity index is 1.80. The van der Waals surface area contributed by atoms with E-state index >= 15 is 0 Å². The molecular weight excluding hydrogens is 360 g/mol. The molecule has 0 radical (unpaired) electrons. The van der Waals surface area contributed by atoms with Crippen molar-refractivity contribution in [1.29, 1.82) is 5.26 Å². The summed E-state index contributed by atoms with van der Waals surface area (Å²) in [6, 6.07) is 18.8. The van der Waals surface area contributed by atoms with Gasteiger partial charge in [0.05, 0.1) is 17.1 Å². The number of imidazole rings is 1. The lowest BCUT2D eigenvalue weighted by Crippen LogP contribution is -2.32. The van der Waals surface area contributed by atoms with Crippen LogP contribution in [0.2, 0.25) is 0 Å². The molecule has 3 aromatic rings. The number of nitrogen functional groups attached to an aromatic ring is 1. The second-order valence-corrected chi connectivity index (χ2v) is 6.88. The highest BCUT2D eigenvalue weighted by atomic mass is 32.2. The van der Waals surface area contributed by atoms with Crippen molar-refractivity contribution in [2.75, 3.05) is 11.1 Å². The summed E-state index contributed by atoms with van der Waals surface area (Å²) in [6.07, 6.45) is 0. The van der Waals surface area contributed by atoms with E-state index < -0.39 is 5.25 Å². The Hall–Kier alpha value is -3.57. The molecule has 4 N–H and O–H groups in total. The summed E-state index contributed by atoms with van der Waals surface area (Å²) in [4.78, 5) is 24.7. The van der Waals surface area contributed by atoms with Gasteiger partial charge in [0.25, 0.3) is 0 Å². The number of anilines is 2. The summed E-state index contributed by atoms with van der Waals surface area (Å²) in [5, 5.41) is 11.7. The number of thioether (sulfide) groups is 1. The van der Waals surface area contributed by atoms with E-state index in [0.29, 0.717) is 22.2 Å². The number of hydrogen-bond acceptors (Lipinski definition) is 6. The molecule has 132 valence electrons. The maximum absolute atomic E-state index is 13.0. The fourth-order valence-corrected chi connectivity index (χ4v) is 3.74. The fraction of sp³-hybridized carbons (Fsp3) is 0.0526. The molecule has 8 heteroatoms. The highest BCUT2D eigenvalue weighted by Crippen LogP contribution is 2.34. The second kappa shape index (κ2) is 6.97. The number of carbonyl (C=O) groups excluding carboxylic acids is 1. The number of para-hydroxylation sites is 2. The first-order valence-electron chi connectivity index (χ1n) is 8.12. The van der Waals surface area contributed by atoms with E-state index in [9.17, 15) is 4.79 Å². The van der Waals surface area contributed by atoms with Crippen molar-refractivity contribution >= 4 is 40.6 Å². The third-order valence-electron chi connectivity index (χ3n) is 4.01. The van der Waals surface area contributed by atoms with Gasteiger partial charge in [-0.05, 0) is 17.7 Å². The molecule has 1 aliphatic rings. The number of benzene rings is 2. The van der Waals surface area contributed by atoms with Crippen LogP contribution in [0.1, 0.15) is 11.3 Å². The van der Waals surface area contributed by atoms with E-state index in [1.54, 1.807) is 0 Å². The molecule has 0 aliphatic carbocycles. The van der Waals surface area contributed by atoms with Crippen LogP contribution >= 0.6 is 11.8 Å². The Morgan fingerprint density at radius 2 is 1.85 bits per heavy atom. The SMILES string of the molecule is N#Cc1[nH]c(SC2C(=O)Nc3ccccc3N=C2c2ccccc2)nc1N. The first-order chi connectivity index (χ1) is 13.2. The average molecular weight is 374 g/mol. The van der Waals surface area contributed by atoms with Gasteiger partial charge < -0.3 is 16.0 Å². The predicted molar refractivity (Wildman–Crippen MR) is 105 cm³/mol. The van der Waals surface area contributed by atoms with E-state index in [1.165, 1.54) is 11.8 Å². The number of nitrogens with two attached hydrogens (primary N) is 1. The summed E-state index contributed by atoms with van der Waals surface area (Å²) < 4.78 is 0. The quantitative estimate of drug-likeness (QED) is 0.651. The van der Waals surface area contributed by atoms with E-state index in [1.807, 2.05) is 60.7 Å². The lowest BCUT2D eigenvalue weighted by molar-refractivity contribution is -0.114. The van der Waals surface area contributed by atoms with Crippen molar-refractivity contribution in [3.8, 4) is 6.07 Å². The summed E-state index contributed by atoms with van der Waals surface area (Å²) in [5.74, 6) is -0.114. The molecule has 1 aromatic heterocycles. The molecule has 0 saturated heterocycles. The normalized spacial score (nSPS) is 15.9. The van der Waals surface area contributed by atoms with Gasteiger partial charge in [0.1, 0.15) is 11.3 Å². The number of aromatic amines is 1. The van der Waals surface area contributed by atoms with Crippen molar-refractivity contribution < 1.29 is 4.79 Å². The number of hydrogen-bond donors (Lipinski definition) is 3. The van der Waals surface area contributed by atoms with Crippen LogP contribution < -0.4 is 11.1 Å². The monoisotopic (exact) mass is 374 g/mol. The smallest absolute Gasteiger partial charge is 0.244 e. The van der Waals surface area contributed by atoms with E-state index in [0.717, 1.165) is 5.56 Å². The largest absolute Gasteiger partial charge is 0.381 e. The fourth-order valence-electron chi connectivity index (χ4n) is 2.74. The van der Waals surface area contributed by atoms with Crippen LogP contribution in [0.25, 0.3) is 0 Å². The minimum atomic E-state index is -0.670. The highest BCUT2D eigenvalue weighted by molar-refractivity contribution is 8.01. The van der Waals surface area contributed by atoms with Gasteiger partial charge in [-0.25, -0.2) is 9.98 Å². The Bertz CT molecular complexity index is 1080. The first kappa shape index (κ1) is 16.9. The van der Waals surface area contributed by atoms with E-state index in [4.69, 9.17) is 16.0 Å². The molecule has 7 nitrogen and oxygen atoms in total. The second-order valence-electron chi connectivity index (χ2n) is 5.78. The molecule has 2 aromatic carbocycles. The molecule has 1 atom stereocenters. The Labute approximate surface area is 159 Å². The number of rotatable bonds is 3. The maximum Gasteiger partial charge on any atom is 0.244 e. The van der Waals surface area contributed by atoms with E-state index in [2.05, 4.69) is 15.3 Å². The van der Waals surface area contributed by atoms with Crippen LogP contribution in [-0.4, -0.2) is 26.8 Å². The van der Waals surface area contributed by atoms with Crippen LogP contribution in [-0.2, 0) is 4.79 Å². The lowest BCUT2D eigenvalue weighted by atomic mass is 10.1. The van der Waals surface area contributed by atoms with Gasteiger partial charge in [-0.2, -0.15) is 5.26 Å². The summed E-state index contributed by atoms with van der Waals surface area (Å²) in [7, 11) is 0. The third kappa shape index (κ3) is 3.28.